The Labute approximate surface area is 113 Å². The largest absolute Gasteiger partial charge is 0.339 e. The van der Waals surface area contributed by atoms with Crippen molar-refractivity contribution < 1.29 is 9.72 Å². The first kappa shape index (κ1) is 13.0. The summed E-state index contributed by atoms with van der Waals surface area (Å²) in [5.74, 6) is -0.0516. The third-order valence-electron chi connectivity index (χ3n) is 3.04. The zero-order chi connectivity index (χ0) is 13.1. The minimum Gasteiger partial charge on any atom is -0.339 e. The van der Waals surface area contributed by atoms with Crippen molar-refractivity contribution >= 4 is 27.5 Å². The van der Waals surface area contributed by atoms with Gasteiger partial charge in [0.1, 0.15) is 0 Å². The molecule has 1 fully saturated rings. The van der Waals surface area contributed by atoms with E-state index in [0.29, 0.717) is 10.4 Å². The SMILES string of the molecule is O=C(c1ccc([N+](=O)[O-])cc1)N1CCC(Br)CC1. The second kappa shape index (κ2) is 5.48. The van der Waals surface area contributed by atoms with Crippen LogP contribution in [0.2, 0.25) is 0 Å². The van der Waals surface area contributed by atoms with E-state index >= 15 is 0 Å². The summed E-state index contributed by atoms with van der Waals surface area (Å²) in [7, 11) is 0. The van der Waals surface area contributed by atoms with Gasteiger partial charge in [-0.15, -0.1) is 0 Å². The van der Waals surface area contributed by atoms with Crippen LogP contribution in [-0.4, -0.2) is 33.6 Å². The highest BCUT2D eigenvalue weighted by Crippen LogP contribution is 2.20. The van der Waals surface area contributed by atoms with Gasteiger partial charge in [0.15, 0.2) is 0 Å². The van der Waals surface area contributed by atoms with Crippen molar-refractivity contribution in [3.05, 3.63) is 39.9 Å². The summed E-state index contributed by atoms with van der Waals surface area (Å²) in [6.07, 6.45) is 1.89. The molecule has 5 nitrogen and oxygen atoms in total. The molecule has 0 unspecified atom stereocenters. The average molecular weight is 313 g/mol. The second-order valence-electron chi connectivity index (χ2n) is 4.27. The Morgan fingerprint density at radius 1 is 1.28 bits per heavy atom. The number of hydrogen-bond donors (Lipinski definition) is 0. The molecular weight excluding hydrogens is 300 g/mol. The lowest BCUT2D eigenvalue weighted by molar-refractivity contribution is -0.384. The van der Waals surface area contributed by atoms with Crippen LogP contribution in [0.15, 0.2) is 24.3 Å². The van der Waals surface area contributed by atoms with Crippen LogP contribution >= 0.6 is 15.9 Å². The van der Waals surface area contributed by atoms with Gasteiger partial charge >= 0.3 is 0 Å². The summed E-state index contributed by atoms with van der Waals surface area (Å²) in [6, 6.07) is 5.76. The number of likely N-dealkylation sites (tertiary alicyclic amines) is 1. The summed E-state index contributed by atoms with van der Waals surface area (Å²) in [4.78, 5) is 24.5. The van der Waals surface area contributed by atoms with Crippen LogP contribution in [0.3, 0.4) is 0 Å². The number of benzene rings is 1. The van der Waals surface area contributed by atoms with Gasteiger partial charge in [0.25, 0.3) is 11.6 Å². The van der Waals surface area contributed by atoms with Gasteiger partial charge in [-0.3, -0.25) is 14.9 Å². The molecular formula is C12H13BrN2O3. The number of alkyl halides is 1. The van der Waals surface area contributed by atoms with Crippen LogP contribution < -0.4 is 0 Å². The zero-order valence-corrected chi connectivity index (χ0v) is 11.3. The molecule has 0 saturated carbocycles. The number of nitro groups is 1. The van der Waals surface area contributed by atoms with Crippen LogP contribution in [0.5, 0.6) is 0 Å². The number of halogens is 1. The first-order valence-corrected chi connectivity index (χ1v) is 6.67. The topological polar surface area (TPSA) is 63.4 Å². The fourth-order valence-corrected chi connectivity index (χ4v) is 2.37. The highest BCUT2D eigenvalue weighted by molar-refractivity contribution is 9.09. The van der Waals surface area contributed by atoms with Gasteiger partial charge in [0.05, 0.1) is 4.92 Å². The van der Waals surface area contributed by atoms with E-state index in [1.807, 2.05) is 0 Å². The first-order chi connectivity index (χ1) is 8.58. The number of carbonyl (C=O) groups is 1. The molecule has 0 radical (unpaired) electrons. The summed E-state index contributed by atoms with van der Waals surface area (Å²) in [6.45, 7) is 1.46. The Bertz CT molecular complexity index is 453. The van der Waals surface area contributed by atoms with Crippen LogP contribution in [0.1, 0.15) is 23.2 Å². The summed E-state index contributed by atoms with van der Waals surface area (Å²) in [5, 5.41) is 10.5. The number of nitrogens with zero attached hydrogens (tertiary/aromatic N) is 2. The molecule has 6 heteroatoms. The molecule has 1 aliphatic heterocycles. The zero-order valence-electron chi connectivity index (χ0n) is 9.71. The molecule has 18 heavy (non-hydrogen) atoms. The number of non-ortho nitro benzene ring substituents is 1. The molecule has 1 saturated heterocycles. The predicted octanol–water partition coefficient (Wildman–Crippen LogP) is 2.59. The molecule has 0 aliphatic carbocycles. The van der Waals surface area contributed by atoms with E-state index in [0.717, 1.165) is 25.9 Å². The molecule has 0 aromatic heterocycles. The molecule has 0 N–H and O–H groups in total. The van der Waals surface area contributed by atoms with Crippen molar-refractivity contribution in [3.8, 4) is 0 Å². The predicted molar refractivity (Wildman–Crippen MR) is 70.9 cm³/mol. The number of piperidine rings is 1. The number of nitro benzene ring substituents is 1. The van der Waals surface area contributed by atoms with E-state index in [1.165, 1.54) is 24.3 Å². The molecule has 2 rings (SSSR count). The summed E-state index contributed by atoms with van der Waals surface area (Å²) >= 11 is 3.53. The molecule has 1 aromatic carbocycles. The summed E-state index contributed by atoms with van der Waals surface area (Å²) in [5.41, 5.74) is 0.513. The van der Waals surface area contributed by atoms with Gasteiger partial charge in [-0.25, -0.2) is 0 Å². The summed E-state index contributed by atoms with van der Waals surface area (Å²) < 4.78 is 0. The van der Waals surface area contributed by atoms with Crippen molar-refractivity contribution in [2.75, 3.05) is 13.1 Å². The molecule has 0 bridgehead atoms. The van der Waals surface area contributed by atoms with E-state index in [1.54, 1.807) is 4.90 Å². The number of hydrogen-bond acceptors (Lipinski definition) is 3. The average Bonchev–Trinajstić information content (AvgIpc) is 2.39. The van der Waals surface area contributed by atoms with E-state index in [2.05, 4.69) is 15.9 Å². The fourth-order valence-electron chi connectivity index (χ4n) is 1.96. The number of rotatable bonds is 2. The van der Waals surface area contributed by atoms with Crippen molar-refractivity contribution in [2.45, 2.75) is 17.7 Å². The van der Waals surface area contributed by atoms with Crippen LogP contribution in [-0.2, 0) is 0 Å². The lowest BCUT2D eigenvalue weighted by atomic mass is 10.1. The molecule has 0 spiro atoms. The Hall–Kier alpha value is -1.43. The maximum Gasteiger partial charge on any atom is 0.269 e. The van der Waals surface area contributed by atoms with Crippen LogP contribution in [0.25, 0.3) is 0 Å². The minimum absolute atomic E-state index is 0.00529. The quantitative estimate of drug-likeness (QED) is 0.479. The lowest BCUT2D eigenvalue weighted by Gasteiger charge is -2.29. The highest BCUT2D eigenvalue weighted by Gasteiger charge is 2.22. The van der Waals surface area contributed by atoms with Crippen molar-refractivity contribution in [3.63, 3.8) is 0 Å². The maximum absolute atomic E-state index is 12.1. The van der Waals surface area contributed by atoms with Gasteiger partial charge < -0.3 is 4.90 Å². The van der Waals surface area contributed by atoms with Gasteiger partial charge in [-0.1, -0.05) is 15.9 Å². The van der Waals surface area contributed by atoms with E-state index < -0.39 is 4.92 Å². The number of carbonyl (C=O) groups excluding carboxylic acids is 1. The highest BCUT2D eigenvalue weighted by atomic mass is 79.9. The number of amides is 1. The molecule has 1 heterocycles. The molecule has 0 atom stereocenters. The van der Waals surface area contributed by atoms with Crippen LogP contribution in [0.4, 0.5) is 5.69 Å². The monoisotopic (exact) mass is 312 g/mol. The van der Waals surface area contributed by atoms with Crippen molar-refractivity contribution in [1.29, 1.82) is 0 Å². The standard InChI is InChI=1S/C12H13BrN2O3/c13-10-5-7-14(8-6-10)12(16)9-1-3-11(4-2-9)15(17)18/h1-4,10H,5-8H2. The molecule has 1 aromatic rings. The van der Waals surface area contributed by atoms with Gasteiger partial charge in [-0.2, -0.15) is 0 Å². The molecule has 1 amide bonds. The first-order valence-electron chi connectivity index (χ1n) is 5.76. The smallest absolute Gasteiger partial charge is 0.269 e. The maximum atomic E-state index is 12.1. The third-order valence-corrected chi connectivity index (χ3v) is 3.95. The Balaban J connectivity index is 2.07. The molecule has 1 aliphatic rings. The lowest BCUT2D eigenvalue weighted by Crippen LogP contribution is -2.38. The van der Waals surface area contributed by atoms with Crippen LogP contribution in [0, 0.1) is 10.1 Å². The van der Waals surface area contributed by atoms with Crippen molar-refractivity contribution in [2.24, 2.45) is 0 Å². The van der Waals surface area contributed by atoms with E-state index in [-0.39, 0.29) is 11.6 Å². The molecule has 96 valence electrons. The minimum atomic E-state index is -0.468. The fraction of sp³-hybridized carbons (Fsp3) is 0.417. The normalized spacial score (nSPS) is 16.6. The van der Waals surface area contributed by atoms with Gasteiger partial charge in [0, 0.05) is 35.6 Å². The Kier molecular flexibility index (Phi) is 3.96. The van der Waals surface area contributed by atoms with Gasteiger partial charge in [0.2, 0.25) is 0 Å². The Morgan fingerprint density at radius 2 is 1.83 bits per heavy atom. The Morgan fingerprint density at radius 3 is 2.33 bits per heavy atom. The van der Waals surface area contributed by atoms with E-state index in [9.17, 15) is 14.9 Å². The van der Waals surface area contributed by atoms with E-state index in [4.69, 9.17) is 0 Å². The van der Waals surface area contributed by atoms with Gasteiger partial charge in [-0.05, 0) is 25.0 Å². The van der Waals surface area contributed by atoms with Crippen molar-refractivity contribution in [1.82, 2.24) is 4.90 Å². The second-order valence-corrected chi connectivity index (χ2v) is 5.57. The third kappa shape index (κ3) is 2.87.